The molecule has 5 heteroatoms. The van der Waals surface area contributed by atoms with Crippen LogP contribution in [0.25, 0.3) is 0 Å². The Morgan fingerprint density at radius 2 is 0.905 bits per heavy atom. The van der Waals surface area contributed by atoms with E-state index in [-0.39, 0.29) is 0 Å². The van der Waals surface area contributed by atoms with Gasteiger partial charge in [-0.2, -0.15) is 0 Å². The molecule has 0 heterocycles. The average molecular weight is 321 g/mol. The van der Waals surface area contributed by atoms with Crippen LogP contribution in [0, 0.1) is 0 Å². The van der Waals surface area contributed by atoms with Gasteiger partial charge in [0, 0.05) is 34.0 Å². The maximum Gasteiger partial charge on any atom is 0.500 e. The van der Waals surface area contributed by atoms with Gasteiger partial charge >= 0.3 is 8.80 Å². The van der Waals surface area contributed by atoms with E-state index in [0.29, 0.717) is 6.61 Å². The van der Waals surface area contributed by atoms with Gasteiger partial charge in [0.25, 0.3) is 0 Å². The standard InChI is InChI=1S/C16H36O4Si/c1-18-21(19-2,20-3)16-14-12-10-8-6-4-5-7-9-11-13-15-17/h17H,4-16H2,1-3H3. The Morgan fingerprint density at radius 1 is 0.571 bits per heavy atom. The largest absolute Gasteiger partial charge is 0.500 e. The lowest BCUT2D eigenvalue weighted by molar-refractivity contribution is 0.122. The molecular weight excluding hydrogens is 284 g/mol. The molecule has 0 radical (unpaired) electrons. The number of unbranched alkanes of at least 4 members (excludes halogenated alkanes) is 10. The fourth-order valence-electron chi connectivity index (χ4n) is 2.60. The van der Waals surface area contributed by atoms with Gasteiger partial charge in [0.2, 0.25) is 0 Å². The van der Waals surface area contributed by atoms with Crippen molar-refractivity contribution in [2.45, 2.75) is 76.7 Å². The molecule has 4 nitrogen and oxygen atoms in total. The van der Waals surface area contributed by atoms with Crippen molar-refractivity contribution in [3.8, 4) is 0 Å². The third kappa shape index (κ3) is 11.3. The lowest BCUT2D eigenvalue weighted by atomic mass is 10.1. The summed E-state index contributed by atoms with van der Waals surface area (Å²) >= 11 is 0. The van der Waals surface area contributed by atoms with E-state index >= 15 is 0 Å². The Labute approximate surface area is 132 Å². The third-order valence-electron chi connectivity index (χ3n) is 4.07. The van der Waals surface area contributed by atoms with Gasteiger partial charge in [0.15, 0.2) is 0 Å². The maximum absolute atomic E-state index is 8.69. The predicted octanol–water partition coefficient (Wildman–Crippen LogP) is 4.15. The second kappa shape index (κ2) is 15.0. The summed E-state index contributed by atoms with van der Waals surface area (Å²) < 4.78 is 16.2. The Kier molecular flexibility index (Phi) is 15.0. The monoisotopic (exact) mass is 320 g/mol. The molecule has 0 aromatic rings. The molecule has 0 rings (SSSR count). The van der Waals surface area contributed by atoms with Crippen molar-refractivity contribution in [3.05, 3.63) is 0 Å². The molecule has 0 aliphatic heterocycles. The van der Waals surface area contributed by atoms with Crippen LogP contribution in [0.5, 0.6) is 0 Å². The van der Waals surface area contributed by atoms with E-state index in [0.717, 1.165) is 18.9 Å². The van der Waals surface area contributed by atoms with Crippen molar-refractivity contribution in [1.82, 2.24) is 0 Å². The van der Waals surface area contributed by atoms with E-state index in [4.69, 9.17) is 18.4 Å². The summed E-state index contributed by atoms with van der Waals surface area (Å²) in [5, 5.41) is 8.69. The van der Waals surface area contributed by atoms with E-state index < -0.39 is 8.80 Å². The van der Waals surface area contributed by atoms with Crippen LogP contribution in [0.2, 0.25) is 6.04 Å². The van der Waals surface area contributed by atoms with Gasteiger partial charge in [-0.25, -0.2) is 0 Å². The van der Waals surface area contributed by atoms with Crippen LogP contribution in [0.4, 0.5) is 0 Å². The highest BCUT2D eigenvalue weighted by molar-refractivity contribution is 6.60. The van der Waals surface area contributed by atoms with Gasteiger partial charge in [-0.05, 0) is 12.8 Å². The fraction of sp³-hybridized carbons (Fsp3) is 1.00. The number of hydrogen-bond donors (Lipinski definition) is 1. The SMILES string of the molecule is CO[Si](CCCCCCCCCCCCCO)(OC)OC. The molecule has 128 valence electrons. The van der Waals surface area contributed by atoms with Gasteiger partial charge in [0.05, 0.1) is 0 Å². The summed E-state index contributed by atoms with van der Waals surface area (Å²) in [4.78, 5) is 0. The molecule has 0 aliphatic rings. The highest BCUT2D eigenvalue weighted by atomic mass is 28.4. The molecule has 0 fully saturated rings. The van der Waals surface area contributed by atoms with Gasteiger partial charge < -0.3 is 18.4 Å². The summed E-state index contributed by atoms with van der Waals surface area (Å²) in [6.07, 6.45) is 13.8. The quantitative estimate of drug-likeness (QED) is 0.343. The zero-order valence-electron chi connectivity index (χ0n) is 14.4. The van der Waals surface area contributed by atoms with Crippen molar-refractivity contribution < 1.29 is 18.4 Å². The minimum atomic E-state index is -2.33. The molecule has 0 aromatic carbocycles. The summed E-state index contributed by atoms with van der Waals surface area (Å²) in [5.74, 6) is 0. The topological polar surface area (TPSA) is 47.9 Å². The Morgan fingerprint density at radius 3 is 1.24 bits per heavy atom. The van der Waals surface area contributed by atoms with Gasteiger partial charge in [0.1, 0.15) is 0 Å². The number of rotatable bonds is 16. The first-order valence-electron chi connectivity index (χ1n) is 8.51. The van der Waals surface area contributed by atoms with Crippen LogP contribution in [-0.4, -0.2) is 41.8 Å². The Hall–Kier alpha value is 0.0569. The van der Waals surface area contributed by atoms with E-state index in [2.05, 4.69) is 0 Å². The van der Waals surface area contributed by atoms with Gasteiger partial charge in [-0.1, -0.05) is 57.8 Å². The smallest absolute Gasteiger partial charge is 0.396 e. The van der Waals surface area contributed by atoms with E-state index in [1.165, 1.54) is 57.8 Å². The zero-order chi connectivity index (χ0) is 15.8. The first-order valence-corrected chi connectivity index (χ1v) is 10.4. The molecule has 0 aromatic heterocycles. The van der Waals surface area contributed by atoms with Gasteiger partial charge in [-0.3, -0.25) is 0 Å². The highest BCUT2D eigenvalue weighted by Gasteiger charge is 2.36. The van der Waals surface area contributed by atoms with Crippen molar-refractivity contribution in [2.75, 3.05) is 27.9 Å². The van der Waals surface area contributed by atoms with Crippen LogP contribution in [0.3, 0.4) is 0 Å². The Bertz CT molecular complexity index is 202. The summed E-state index contributed by atoms with van der Waals surface area (Å²) in [6, 6.07) is 0.918. The maximum atomic E-state index is 8.69. The molecule has 0 bridgehead atoms. The van der Waals surface area contributed by atoms with Crippen LogP contribution >= 0.6 is 0 Å². The van der Waals surface area contributed by atoms with E-state index in [9.17, 15) is 0 Å². The molecule has 0 spiro atoms. The van der Waals surface area contributed by atoms with E-state index in [1.54, 1.807) is 21.3 Å². The van der Waals surface area contributed by atoms with E-state index in [1.807, 2.05) is 0 Å². The Balaban J connectivity index is 3.29. The van der Waals surface area contributed by atoms with Crippen LogP contribution in [0.15, 0.2) is 0 Å². The molecule has 0 saturated carbocycles. The number of aliphatic hydroxyl groups is 1. The molecular formula is C16H36O4Si. The van der Waals surface area contributed by atoms with Crippen LogP contribution in [-0.2, 0) is 13.3 Å². The van der Waals surface area contributed by atoms with Crippen molar-refractivity contribution in [1.29, 1.82) is 0 Å². The minimum Gasteiger partial charge on any atom is -0.396 e. The van der Waals surface area contributed by atoms with Crippen LogP contribution in [0.1, 0.15) is 70.6 Å². The summed E-state index contributed by atoms with van der Waals surface area (Å²) in [7, 11) is 2.71. The summed E-state index contributed by atoms with van der Waals surface area (Å²) in [6.45, 7) is 0.347. The number of hydrogen-bond acceptors (Lipinski definition) is 4. The van der Waals surface area contributed by atoms with Gasteiger partial charge in [-0.15, -0.1) is 0 Å². The first kappa shape index (κ1) is 21.1. The summed E-state index contributed by atoms with van der Waals surface area (Å²) in [5.41, 5.74) is 0. The lowest BCUT2D eigenvalue weighted by Crippen LogP contribution is -2.42. The zero-order valence-corrected chi connectivity index (χ0v) is 15.4. The average Bonchev–Trinajstić information content (AvgIpc) is 2.53. The fourth-order valence-corrected chi connectivity index (χ4v) is 4.40. The molecule has 21 heavy (non-hydrogen) atoms. The molecule has 0 unspecified atom stereocenters. The molecule has 1 N–H and O–H groups in total. The van der Waals surface area contributed by atoms with Crippen molar-refractivity contribution >= 4 is 8.80 Å². The molecule has 0 aliphatic carbocycles. The molecule has 0 saturated heterocycles. The van der Waals surface area contributed by atoms with Crippen LogP contribution < -0.4 is 0 Å². The number of aliphatic hydroxyl groups excluding tert-OH is 1. The van der Waals surface area contributed by atoms with Crippen molar-refractivity contribution in [3.63, 3.8) is 0 Å². The predicted molar refractivity (Wildman–Crippen MR) is 89.5 cm³/mol. The second-order valence-electron chi connectivity index (χ2n) is 5.66. The minimum absolute atomic E-state index is 0.347. The second-order valence-corrected chi connectivity index (χ2v) is 8.75. The first-order chi connectivity index (χ1) is 10.2. The van der Waals surface area contributed by atoms with Crippen molar-refractivity contribution in [2.24, 2.45) is 0 Å². The normalized spacial score (nSPS) is 12.0. The highest BCUT2D eigenvalue weighted by Crippen LogP contribution is 2.18. The molecule has 0 atom stereocenters. The third-order valence-corrected chi connectivity index (χ3v) is 6.91. The molecule has 0 amide bonds. The lowest BCUT2D eigenvalue weighted by Gasteiger charge is -2.24.